The van der Waals surface area contributed by atoms with Gasteiger partial charge in [-0.05, 0) is 13.8 Å². The van der Waals surface area contributed by atoms with Crippen molar-refractivity contribution in [3.8, 4) is 0 Å². The average molecular weight is 271 g/mol. The van der Waals surface area contributed by atoms with Crippen LogP contribution < -0.4 is 10.6 Å². The highest BCUT2D eigenvalue weighted by atomic mass is 32.1. The molecular formula is C11H17N3O3S. The van der Waals surface area contributed by atoms with Gasteiger partial charge in [0.2, 0.25) is 0 Å². The van der Waals surface area contributed by atoms with E-state index in [1.165, 1.54) is 11.3 Å². The second-order valence-electron chi connectivity index (χ2n) is 4.67. The maximum absolute atomic E-state index is 10.9. The third-order valence-electron chi connectivity index (χ3n) is 2.15. The summed E-state index contributed by atoms with van der Waals surface area (Å²) in [5.74, 6) is 0. The Kier molecular flexibility index (Phi) is 4.28. The largest absolute Gasteiger partial charge is 0.443 e. The molecule has 0 atom stereocenters. The number of primary amides is 1. The number of thiazole rings is 1. The molecule has 7 heteroatoms. The molecule has 0 saturated carbocycles. The molecule has 1 aromatic rings. The van der Waals surface area contributed by atoms with Gasteiger partial charge in [-0.2, -0.15) is 0 Å². The fraction of sp³-hybridized carbons (Fsp3) is 0.545. The van der Waals surface area contributed by atoms with Crippen LogP contribution in [0.2, 0.25) is 0 Å². The molecule has 0 fully saturated rings. The highest BCUT2D eigenvalue weighted by Crippen LogP contribution is 2.29. The van der Waals surface area contributed by atoms with Crippen LogP contribution in [0, 0.1) is 0 Å². The molecule has 0 aliphatic rings. The van der Waals surface area contributed by atoms with Crippen molar-refractivity contribution in [1.82, 2.24) is 4.98 Å². The molecule has 0 saturated heterocycles. The van der Waals surface area contributed by atoms with Gasteiger partial charge >= 0.3 is 6.09 Å². The van der Waals surface area contributed by atoms with Gasteiger partial charge in [0.1, 0.15) is 16.3 Å². The second-order valence-corrected chi connectivity index (χ2v) is 5.73. The van der Waals surface area contributed by atoms with E-state index in [1.807, 2.05) is 19.0 Å². The topological polar surface area (TPSA) is 85.5 Å². The number of ether oxygens (including phenoxy) is 1. The van der Waals surface area contributed by atoms with Crippen LogP contribution in [0.4, 0.5) is 9.80 Å². The molecule has 0 spiro atoms. The lowest BCUT2D eigenvalue weighted by molar-refractivity contribution is 0.0459. The van der Waals surface area contributed by atoms with Gasteiger partial charge in [-0.1, -0.05) is 0 Å². The zero-order valence-corrected chi connectivity index (χ0v) is 11.7. The minimum Gasteiger partial charge on any atom is -0.443 e. The lowest BCUT2D eigenvalue weighted by atomic mass is 10.1. The molecule has 18 heavy (non-hydrogen) atoms. The standard InChI is InChI=1S/C11H17N3O3S/c1-11(2,17-10(12)16)5-8-13-7(6-15)9(18-8)14(3)4/h6H,5H2,1-4H3,(H2,12,16). The number of carbonyl (C=O) groups excluding carboxylic acids is 2. The Labute approximate surface area is 110 Å². The molecule has 0 aliphatic carbocycles. The number of anilines is 1. The van der Waals surface area contributed by atoms with Crippen LogP contribution in [-0.2, 0) is 11.2 Å². The van der Waals surface area contributed by atoms with E-state index in [4.69, 9.17) is 10.5 Å². The van der Waals surface area contributed by atoms with Crippen molar-refractivity contribution in [2.24, 2.45) is 5.73 Å². The molecule has 1 heterocycles. The first kappa shape index (κ1) is 14.4. The summed E-state index contributed by atoms with van der Waals surface area (Å²) in [6, 6.07) is 0. The van der Waals surface area contributed by atoms with Crippen molar-refractivity contribution >= 4 is 28.7 Å². The van der Waals surface area contributed by atoms with E-state index < -0.39 is 11.7 Å². The second kappa shape index (κ2) is 5.34. The van der Waals surface area contributed by atoms with Crippen molar-refractivity contribution in [1.29, 1.82) is 0 Å². The van der Waals surface area contributed by atoms with E-state index in [2.05, 4.69) is 4.98 Å². The Hall–Kier alpha value is -1.63. The first-order valence-electron chi connectivity index (χ1n) is 5.36. The molecule has 0 unspecified atom stereocenters. The van der Waals surface area contributed by atoms with Gasteiger partial charge in [0.25, 0.3) is 0 Å². The Balaban J connectivity index is 2.91. The van der Waals surface area contributed by atoms with Crippen molar-refractivity contribution in [3.05, 3.63) is 10.7 Å². The number of nitrogens with zero attached hydrogens (tertiary/aromatic N) is 2. The van der Waals surface area contributed by atoms with E-state index >= 15 is 0 Å². The van der Waals surface area contributed by atoms with Gasteiger partial charge in [-0.3, -0.25) is 4.79 Å². The number of aldehydes is 1. The SMILES string of the molecule is CN(C)c1sc(CC(C)(C)OC(N)=O)nc1C=O. The summed E-state index contributed by atoms with van der Waals surface area (Å²) in [5.41, 5.74) is 4.65. The van der Waals surface area contributed by atoms with Crippen LogP contribution in [-0.4, -0.2) is 37.1 Å². The summed E-state index contributed by atoms with van der Waals surface area (Å²) >= 11 is 1.40. The molecule has 6 nitrogen and oxygen atoms in total. The van der Waals surface area contributed by atoms with Crippen LogP contribution in [0.3, 0.4) is 0 Å². The average Bonchev–Trinajstić information content (AvgIpc) is 2.57. The molecule has 0 aliphatic heterocycles. The third-order valence-corrected chi connectivity index (χ3v) is 3.39. The maximum atomic E-state index is 10.9. The summed E-state index contributed by atoms with van der Waals surface area (Å²) in [5, 5.41) is 1.52. The number of rotatable bonds is 5. The summed E-state index contributed by atoms with van der Waals surface area (Å²) in [6.07, 6.45) is 0.312. The Morgan fingerprint density at radius 2 is 2.17 bits per heavy atom. The van der Waals surface area contributed by atoms with Gasteiger partial charge in [0.05, 0.1) is 5.01 Å². The van der Waals surface area contributed by atoms with Crippen molar-refractivity contribution in [2.75, 3.05) is 19.0 Å². The number of hydrogen-bond acceptors (Lipinski definition) is 6. The summed E-state index contributed by atoms with van der Waals surface area (Å²) in [6.45, 7) is 3.49. The van der Waals surface area contributed by atoms with E-state index in [0.29, 0.717) is 12.1 Å². The van der Waals surface area contributed by atoms with Crippen LogP contribution >= 0.6 is 11.3 Å². The first-order valence-corrected chi connectivity index (χ1v) is 6.17. The number of hydrogen-bond donors (Lipinski definition) is 1. The minimum atomic E-state index is -0.819. The normalized spacial score (nSPS) is 11.1. The molecule has 2 N–H and O–H groups in total. The van der Waals surface area contributed by atoms with Crippen molar-refractivity contribution in [3.63, 3.8) is 0 Å². The van der Waals surface area contributed by atoms with E-state index in [9.17, 15) is 9.59 Å². The number of carbonyl (C=O) groups is 2. The summed E-state index contributed by atoms with van der Waals surface area (Å²) in [7, 11) is 3.69. The van der Waals surface area contributed by atoms with Gasteiger partial charge < -0.3 is 15.4 Å². The van der Waals surface area contributed by atoms with Crippen LogP contribution in [0.1, 0.15) is 29.3 Å². The predicted octanol–water partition coefficient (Wildman–Crippen LogP) is 1.44. The maximum Gasteiger partial charge on any atom is 0.405 e. The predicted molar refractivity (Wildman–Crippen MR) is 70.3 cm³/mol. The zero-order chi connectivity index (χ0) is 13.9. The number of aromatic nitrogens is 1. The lowest BCUT2D eigenvalue weighted by Crippen LogP contribution is -2.33. The molecule has 1 rings (SSSR count). The van der Waals surface area contributed by atoms with Gasteiger partial charge in [-0.15, -0.1) is 11.3 Å². The monoisotopic (exact) mass is 271 g/mol. The Morgan fingerprint density at radius 3 is 2.56 bits per heavy atom. The van der Waals surface area contributed by atoms with Gasteiger partial charge in [0, 0.05) is 20.5 Å². The van der Waals surface area contributed by atoms with Gasteiger partial charge in [0.15, 0.2) is 6.29 Å². The highest BCUT2D eigenvalue weighted by Gasteiger charge is 2.25. The fourth-order valence-electron chi connectivity index (χ4n) is 1.51. The van der Waals surface area contributed by atoms with Crippen LogP contribution in [0.5, 0.6) is 0 Å². The fourth-order valence-corrected chi connectivity index (χ4v) is 2.68. The number of nitrogens with two attached hydrogens (primary N) is 1. The molecule has 1 amide bonds. The smallest absolute Gasteiger partial charge is 0.405 e. The van der Waals surface area contributed by atoms with E-state index in [1.54, 1.807) is 13.8 Å². The van der Waals surface area contributed by atoms with E-state index in [0.717, 1.165) is 16.3 Å². The molecular weight excluding hydrogens is 254 g/mol. The molecule has 100 valence electrons. The lowest BCUT2D eigenvalue weighted by Gasteiger charge is -2.22. The first-order chi connectivity index (χ1) is 8.25. The molecule has 0 radical (unpaired) electrons. The van der Waals surface area contributed by atoms with Crippen LogP contribution in [0.15, 0.2) is 0 Å². The highest BCUT2D eigenvalue weighted by molar-refractivity contribution is 7.16. The van der Waals surface area contributed by atoms with Crippen molar-refractivity contribution < 1.29 is 14.3 Å². The zero-order valence-electron chi connectivity index (χ0n) is 10.9. The van der Waals surface area contributed by atoms with Crippen LogP contribution in [0.25, 0.3) is 0 Å². The summed E-state index contributed by atoms with van der Waals surface area (Å²) < 4.78 is 4.99. The molecule has 0 aromatic carbocycles. The quantitative estimate of drug-likeness (QED) is 0.819. The summed E-state index contributed by atoms with van der Waals surface area (Å²) in [4.78, 5) is 27.7. The minimum absolute atomic E-state index is 0.398. The van der Waals surface area contributed by atoms with E-state index in [-0.39, 0.29) is 0 Å². The molecule has 1 aromatic heterocycles. The van der Waals surface area contributed by atoms with Gasteiger partial charge in [-0.25, -0.2) is 9.78 Å². The number of amides is 1. The Morgan fingerprint density at radius 1 is 1.56 bits per heavy atom. The Bertz CT molecular complexity index is 454. The molecule has 0 bridgehead atoms. The van der Waals surface area contributed by atoms with Crippen molar-refractivity contribution in [2.45, 2.75) is 25.9 Å². The third kappa shape index (κ3) is 3.69.